The van der Waals surface area contributed by atoms with Gasteiger partial charge >= 0.3 is 0 Å². The summed E-state index contributed by atoms with van der Waals surface area (Å²) in [5.41, 5.74) is 0.808. The molecule has 1 aromatic carbocycles. The van der Waals surface area contributed by atoms with Crippen LogP contribution in [0.4, 0.5) is 11.6 Å². The maximum Gasteiger partial charge on any atom is 0.274 e. The average Bonchev–Trinajstić information content (AvgIpc) is 2.58. The molecule has 0 unspecified atom stereocenters. The summed E-state index contributed by atoms with van der Waals surface area (Å²) in [5, 5.41) is 3.65. The van der Waals surface area contributed by atoms with E-state index in [0.717, 1.165) is 31.8 Å². The summed E-state index contributed by atoms with van der Waals surface area (Å²) in [7, 11) is 0. The monoisotopic (exact) mass is 364 g/mol. The van der Waals surface area contributed by atoms with Gasteiger partial charge in [-0.3, -0.25) is 4.79 Å². The van der Waals surface area contributed by atoms with Gasteiger partial charge in [0.15, 0.2) is 0 Å². The van der Waals surface area contributed by atoms with Crippen molar-refractivity contribution in [2.45, 2.75) is 19.8 Å². The first-order valence-electron chi connectivity index (χ1n) is 7.87. The molecule has 1 fully saturated rings. The molecule has 126 valence electrons. The SMILES string of the molecule is CC1CCN(c2nccc(C(=O)Nc3ccc(Cl)cc3Cl)n2)CC1. The number of carbonyl (C=O) groups excluding carboxylic acids is 1. The lowest BCUT2D eigenvalue weighted by Gasteiger charge is -2.30. The maximum absolute atomic E-state index is 12.4. The van der Waals surface area contributed by atoms with Gasteiger partial charge in [-0.05, 0) is 43.0 Å². The van der Waals surface area contributed by atoms with E-state index >= 15 is 0 Å². The molecule has 1 saturated heterocycles. The zero-order chi connectivity index (χ0) is 17.1. The number of benzene rings is 1. The summed E-state index contributed by atoms with van der Waals surface area (Å²) in [5.74, 6) is 0.991. The highest BCUT2D eigenvalue weighted by atomic mass is 35.5. The molecule has 0 saturated carbocycles. The van der Waals surface area contributed by atoms with Crippen LogP contribution in [0.25, 0.3) is 0 Å². The highest BCUT2D eigenvalue weighted by molar-refractivity contribution is 6.36. The normalized spacial score (nSPS) is 15.4. The Morgan fingerprint density at radius 3 is 2.71 bits per heavy atom. The van der Waals surface area contributed by atoms with E-state index in [-0.39, 0.29) is 5.91 Å². The van der Waals surface area contributed by atoms with Crippen molar-refractivity contribution < 1.29 is 4.79 Å². The molecule has 2 aromatic rings. The van der Waals surface area contributed by atoms with Gasteiger partial charge in [-0.2, -0.15) is 0 Å². The van der Waals surface area contributed by atoms with E-state index in [9.17, 15) is 4.79 Å². The molecule has 1 aliphatic heterocycles. The fourth-order valence-electron chi connectivity index (χ4n) is 2.61. The number of hydrogen-bond acceptors (Lipinski definition) is 4. The first kappa shape index (κ1) is 17.0. The van der Waals surface area contributed by atoms with Crippen LogP contribution in [-0.4, -0.2) is 29.0 Å². The number of piperidine rings is 1. The summed E-state index contributed by atoms with van der Waals surface area (Å²) < 4.78 is 0. The average molecular weight is 365 g/mol. The van der Waals surface area contributed by atoms with Gasteiger partial charge in [0.1, 0.15) is 5.69 Å². The third kappa shape index (κ3) is 3.97. The Morgan fingerprint density at radius 2 is 2.00 bits per heavy atom. The third-order valence-electron chi connectivity index (χ3n) is 4.12. The van der Waals surface area contributed by atoms with Crippen LogP contribution in [0.15, 0.2) is 30.5 Å². The van der Waals surface area contributed by atoms with Gasteiger partial charge < -0.3 is 10.2 Å². The molecule has 0 spiro atoms. The Labute approximate surface area is 151 Å². The van der Waals surface area contributed by atoms with E-state index in [1.807, 2.05) is 0 Å². The molecule has 0 radical (unpaired) electrons. The number of hydrogen-bond donors (Lipinski definition) is 1. The van der Waals surface area contributed by atoms with Crippen LogP contribution in [0.3, 0.4) is 0 Å². The van der Waals surface area contributed by atoms with Gasteiger partial charge in [-0.15, -0.1) is 0 Å². The molecule has 1 N–H and O–H groups in total. The lowest BCUT2D eigenvalue weighted by atomic mass is 10.00. The number of nitrogens with zero attached hydrogens (tertiary/aromatic N) is 3. The van der Waals surface area contributed by atoms with E-state index in [1.54, 1.807) is 30.5 Å². The van der Waals surface area contributed by atoms with Crippen molar-refractivity contribution >= 4 is 40.7 Å². The smallest absolute Gasteiger partial charge is 0.274 e. The second kappa shape index (κ2) is 7.36. The molecule has 0 atom stereocenters. The molecule has 24 heavy (non-hydrogen) atoms. The van der Waals surface area contributed by atoms with E-state index in [4.69, 9.17) is 23.2 Å². The standard InChI is InChI=1S/C17H18Cl2N4O/c1-11-5-8-23(9-6-11)17-20-7-4-15(22-17)16(24)21-14-3-2-12(18)10-13(14)19/h2-4,7,10-11H,5-6,8-9H2,1H3,(H,21,24). The maximum atomic E-state index is 12.4. The molecule has 0 aliphatic carbocycles. The van der Waals surface area contributed by atoms with E-state index < -0.39 is 0 Å². The van der Waals surface area contributed by atoms with Gasteiger partial charge in [0.25, 0.3) is 5.91 Å². The number of aromatic nitrogens is 2. The Bertz CT molecular complexity index is 745. The van der Waals surface area contributed by atoms with Crippen molar-refractivity contribution in [1.29, 1.82) is 0 Å². The predicted molar refractivity (Wildman–Crippen MR) is 97.1 cm³/mol. The zero-order valence-electron chi connectivity index (χ0n) is 13.3. The fourth-order valence-corrected chi connectivity index (χ4v) is 3.07. The molecule has 5 nitrogen and oxygen atoms in total. The lowest BCUT2D eigenvalue weighted by molar-refractivity contribution is 0.102. The number of amides is 1. The van der Waals surface area contributed by atoms with Gasteiger partial charge in [0, 0.05) is 24.3 Å². The Kier molecular flexibility index (Phi) is 5.21. The molecule has 1 aliphatic rings. The highest BCUT2D eigenvalue weighted by Gasteiger charge is 2.19. The quantitative estimate of drug-likeness (QED) is 0.883. The minimum Gasteiger partial charge on any atom is -0.341 e. The van der Waals surface area contributed by atoms with Gasteiger partial charge in [0.2, 0.25) is 5.95 Å². The second-order valence-corrected chi connectivity index (χ2v) is 6.83. The fraction of sp³-hybridized carbons (Fsp3) is 0.353. The topological polar surface area (TPSA) is 58.1 Å². The lowest BCUT2D eigenvalue weighted by Crippen LogP contribution is -2.34. The van der Waals surface area contributed by atoms with Gasteiger partial charge in [0.05, 0.1) is 10.7 Å². The summed E-state index contributed by atoms with van der Waals surface area (Å²) in [4.78, 5) is 23.2. The predicted octanol–water partition coefficient (Wildman–Crippen LogP) is 4.27. The molecule has 1 amide bonds. The van der Waals surface area contributed by atoms with Crippen molar-refractivity contribution in [1.82, 2.24) is 9.97 Å². The molecule has 7 heteroatoms. The third-order valence-corrected chi connectivity index (χ3v) is 4.67. The largest absolute Gasteiger partial charge is 0.341 e. The number of carbonyl (C=O) groups is 1. The zero-order valence-corrected chi connectivity index (χ0v) is 14.8. The van der Waals surface area contributed by atoms with Crippen molar-refractivity contribution in [2.24, 2.45) is 5.92 Å². The van der Waals surface area contributed by atoms with Crippen LogP contribution < -0.4 is 10.2 Å². The summed E-state index contributed by atoms with van der Waals surface area (Å²) in [6.45, 7) is 4.07. The second-order valence-electron chi connectivity index (χ2n) is 5.99. The summed E-state index contributed by atoms with van der Waals surface area (Å²) >= 11 is 12.0. The van der Waals surface area contributed by atoms with Gasteiger partial charge in [-0.25, -0.2) is 9.97 Å². The first-order valence-corrected chi connectivity index (χ1v) is 8.63. The molecule has 1 aromatic heterocycles. The Hall–Kier alpha value is -1.85. The van der Waals surface area contributed by atoms with Crippen molar-refractivity contribution in [3.05, 3.63) is 46.2 Å². The minimum absolute atomic E-state index is 0.310. The molecule has 3 rings (SSSR count). The Balaban J connectivity index is 1.74. The van der Waals surface area contributed by atoms with Crippen LogP contribution in [-0.2, 0) is 0 Å². The van der Waals surface area contributed by atoms with Crippen molar-refractivity contribution in [2.75, 3.05) is 23.3 Å². The van der Waals surface area contributed by atoms with E-state index in [0.29, 0.717) is 27.4 Å². The molecule has 2 heterocycles. The minimum atomic E-state index is -0.326. The van der Waals surface area contributed by atoms with Crippen LogP contribution in [0.2, 0.25) is 10.0 Å². The first-order chi connectivity index (χ1) is 11.5. The van der Waals surface area contributed by atoms with Crippen LogP contribution in [0, 0.1) is 5.92 Å². The van der Waals surface area contributed by atoms with Crippen molar-refractivity contribution in [3.63, 3.8) is 0 Å². The number of anilines is 2. The van der Waals surface area contributed by atoms with E-state index in [1.165, 1.54) is 0 Å². The summed E-state index contributed by atoms with van der Waals surface area (Å²) in [6.07, 6.45) is 3.83. The number of halogens is 2. The van der Waals surface area contributed by atoms with E-state index in [2.05, 4.69) is 27.1 Å². The Morgan fingerprint density at radius 1 is 1.25 bits per heavy atom. The highest BCUT2D eigenvalue weighted by Crippen LogP contribution is 2.26. The number of nitrogens with one attached hydrogen (secondary N) is 1. The molecular weight excluding hydrogens is 347 g/mol. The van der Waals surface area contributed by atoms with Gasteiger partial charge in [-0.1, -0.05) is 30.1 Å². The molecule has 0 bridgehead atoms. The van der Waals surface area contributed by atoms with Crippen LogP contribution in [0.5, 0.6) is 0 Å². The van der Waals surface area contributed by atoms with Crippen LogP contribution >= 0.6 is 23.2 Å². The van der Waals surface area contributed by atoms with Crippen molar-refractivity contribution in [3.8, 4) is 0 Å². The molecular formula is C17H18Cl2N4O. The van der Waals surface area contributed by atoms with Crippen LogP contribution in [0.1, 0.15) is 30.3 Å². The summed E-state index contributed by atoms with van der Waals surface area (Å²) in [6, 6.07) is 6.51. The number of rotatable bonds is 3.